The molecule has 2 aliphatic rings. The topological polar surface area (TPSA) is 91.9 Å². The van der Waals surface area contributed by atoms with Crippen molar-refractivity contribution in [3.63, 3.8) is 0 Å². The number of fused-ring (bicyclic) bond motifs is 2. The first-order valence-corrected chi connectivity index (χ1v) is 14.5. The van der Waals surface area contributed by atoms with Crippen molar-refractivity contribution in [3.8, 4) is 17.3 Å². The molecule has 3 aromatic heterocycles. The van der Waals surface area contributed by atoms with Crippen LogP contribution in [-0.4, -0.2) is 94.1 Å². The van der Waals surface area contributed by atoms with Crippen LogP contribution in [0.5, 0.6) is 6.01 Å². The van der Waals surface area contributed by atoms with Crippen molar-refractivity contribution in [2.45, 2.75) is 24.9 Å². The van der Waals surface area contributed by atoms with Gasteiger partial charge in [-0.2, -0.15) is 9.97 Å². The number of likely N-dealkylation sites (tertiary alicyclic amines) is 1. The van der Waals surface area contributed by atoms with Gasteiger partial charge in [0.1, 0.15) is 18.5 Å². The molecular formula is C31H30ClFN8O2. The Morgan fingerprint density at radius 2 is 2.02 bits per heavy atom. The zero-order chi connectivity index (χ0) is 30.1. The smallest absolute Gasteiger partial charge is 0.320 e. The van der Waals surface area contributed by atoms with E-state index in [-0.39, 0.29) is 31.7 Å². The quantitative estimate of drug-likeness (QED) is 0.221. The Morgan fingerprint density at radius 1 is 1.16 bits per heavy atom. The number of nitrogens with zero attached hydrogens (tertiary/aromatic N) is 8. The Hall–Kier alpha value is -4.40. The molecule has 0 bridgehead atoms. The number of rotatable bonds is 7. The molecule has 2 aliphatic heterocycles. The number of carbonyl (C=O) groups excluding carboxylic acids is 1. The summed E-state index contributed by atoms with van der Waals surface area (Å²) in [5.74, 6) is -1.25. The molecule has 0 radical (unpaired) electrons. The third-order valence-electron chi connectivity index (χ3n) is 8.18. The van der Waals surface area contributed by atoms with Gasteiger partial charge in [-0.05, 0) is 44.6 Å². The van der Waals surface area contributed by atoms with Gasteiger partial charge in [0.05, 0.1) is 11.1 Å². The largest absolute Gasteiger partial charge is 0.462 e. The van der Waals surface area contributed by atoms with E-state index in [0.717, 1.165) is 35.7 Å². The highest BCUT2D eigenvalue weighted by Crippen LogP contribution is 2.35. The second-order valence-electron chi connectivity index (χ2n) is 10.9. The maximum atomic E-state index is 13.8. The Balaban J connectivity index is 1.41. The molecule has 10 nitrogen and oxygen atoms in total. The number of benzene rings is 1. The van der Waals surface area contributed by atoms with Crippen LogP contribution in [0.25, 0.3) is 37.9 Å². The van der Waals surface area contributed by atoms with Crippen molar-refractivity contribution in [3.05, 3.63) is 71.6 Å². The minimum Gasteiger partial charge on any atom is -0.462 e. The summed E-state index contributed by atoms with van der Waals surface area (Å²) in [6.45, 7) is 12.9. The summed E-state index contributed by atoms with van der Waals surface area (Å²) in [7, 11) is 2.08. The van der Waals surface area contributed by atoms with Crippen LogP contribution in [0.2, 0.25) is 5.02 Å². The van der Waals surface area contributed by atoms with Gasteiger partial charge >= 0.3 is 6.01 Å². The van der Waals surface area contributed by atoms with Crippen molar-refractivity contribution in [1.29, 1.82) is 0 Å². The molecule has 43 heavy (non-hydrogen) atoms. The lowest BCUT2D eigenvalue weighted by Crippen LogP contribution is -2.56. The second-order valence-corrected chi connectivity index (χ2v) is 11.3. The summed E-state index contributed by atoms with van der Waals surface area (Å²) in [5.41, 5.74) is 1.85. The van der Waals surface area contributed by atoms with E-state index in [0.29, 0.717) is 40.7 Å². The van der Waals surface area contributed by atoms with Crippen LogP contribution in [0.4, 0.5) is 10.2 Å². The number of pyridine rings is 2. The van der Waals surface area contributed by atoms with E-state index in [1.807, 2.05) is 35.2 Å². The SMILES string of the molecule is [C-]#[N+]C[C@H]1CN(c2nc(OC[C@@H]3CCCN3C)nc3nc(-c4cncc5cccc(Cl)c45)ccc23)CCN1C(=O)C(=C)F. The van der Waals surface area contributed by atoms with Gasteiger partial charge < -0.3 is 24.3 Å². The van der Waals surface area contributed by atoms with Gasteiger partial charge in [-0.15, -0.1) is 0 Å². The van der Waals surface area contributed by atoms with Crippen molar-refractivity contribution in [2.24, 2.45) is 0 Å². The lowest BCUT2D eigenvalue weighted by atomic mass is 10.0. The molecule has 5 heterocycles. The average Bonchev–Trinajstić information content (AvgIpc) is 3.43. The standard InChI is InChI=1S/C31H30ClFN8O2/c1-19(33)30(42)41-13-12-40(17-22(41)15-34-2)29-23-9-10-26(24-16-35-14-20-6-4-8-25(32)27(20)24)36-28(23)37-31(38-29)43-18-21-7-5-11-39(21)3/h4,6,8-10,14,16,21-22H,1,5,7,11-13,15,17-18H2,3H3/t21-,22-/m0/s1. The van der Waals surface area contributed by atoms with Gasteiger partial charge in [0.15, 0.2) is 11.5 Å². The van der Waals surface area contributed by atoms with Crippen LogP contribution in [0.15, 0.2) is 55.1 Å². The molecule has 12 heteroatoms. The molecule has 6 rings (SSSR count). The minimum atomic E-state index is -1.04. The average molecular weight is 601 g/mol. The van der Waals surface area contributed by atoms with Crippen LogP contribution in [0, 0.1) is 6.57 Å². The number of anilines is 1. The lowest BCUT2D eigenvalue weighted by molar-refractivity contribution is -0.131. The van der Waals surface area contributed by atoms with E-state index in [2.05, 4.69) is 28.4 Å². The fourth-order valence-corrected chi connectivity index (χ4v) is 6.19. The third kappa shape index (κ3) is 5.68. The van der Waals surface area contributed by atoms with Crippen LogP contribution in [0.1, 0.15) is 12.8 Å². The minimum absolute atomic E-state index is 0.0210. The normalized spacial score (nSPS) is 19.1. The first-order valence-electron chi connectivity index (χ1n) is 14.1. The van der Waals surface area contributed by atoms with Gasteiger partial charge in [-0.1, -0.05) is 30.3 Å². The van der Waals surface area contributed by atoms with Crippen LogP contribution >= 0.6 is 11.6 Å². The van der Waals surface area contributed by atoms with Crippen LogP contribution < -0.4 is 9.64 Å². The molecule has 0 unspecified atom stereocenters. The van der Waals surface area contributed by atoms with Gasteiger partial charge in [-0.25, -0.2) is 15.9 Å². The van der Waals surface area contributed by atoms with E-state index in [4.69, 9.17) is 37.9 Å². The van der Waals surface area contributed by atoms with Crippen molar-refractivity contribution < 1.29 is 13.9 Å². The number of likely N-dealkylation sites (N-methyl/N-ethyl adjacent to an activating group) is 1. The maximum Gasteiger partial charge on any atom is 0.320 e. The van der Waals surface area contributed by atoms with Gasteiger partial charge in [0, 0.05) is 59.4 Å². The first kappa shape index (κ1) is 28.7. The summed E-state index contributed by atoms with van der Waals surface area (Å²) < 4.78 is 19.9. The molecule has 0 spiro atoms. The highest BCUT2D eigenvalue weighted by molar-refractivity contribution is 6.36. The number of hydrogen-bond acceptors (Lipinski definition) is 8. The van der Waals surface area contributed by atoms with Gasteiger partial charge in [0.2, 0.25) is 6.54 Å². The summed E-state index contributed by atoms with van der Waals surface area (Å²) in [5, 5.41) is 3.02. The number of aromatic nitrogens is 4. The Morgan fingerprint density at radius 3 is 2.79 bits per heavy atom. The molecule has 0 N–H and O–H groups in total. The number of halogens is 2. The summed E-state index contributed by atoms with van der Waals surface area (Å²) in [6.07, 6.45) is 5.64. The molecule has 1 aromatic carbocycles. The molecular weight excluding hydrogens is 571 g/mol. The highest BCUT2D eigenvalue weighted by Gasteiger charge is 2.35. The Kier molecular flexibility index (Phi) is 8.06. The van der Waals surface area contributed by atoms with Crippen molar-refractivity contribution >= 4 is 45.1 Å². The van der Waals surface area contributed by atoms with Crippen molar-refractivity contribution in [1.82, 2.24) is 29.7 Å². The van der Waals surface area contributed by atoms with Gasteiger partial charge in [-0.3, -0.25) is 9.78 Å². The second kappa shape index (κ2) is 12.1. The van der Waals surface area contributed by atoms with Crippen LogP contribution in [0.3, 0.4) is 0 Å². The monoisotopic (exact) mass is 600 g/mol. The predicted molar refractivity (Wildman–Crippen MR) is 164 cm³/mol. The van der Waals surface area contributed by atoms with E-state index < -0.39 is 17.8 Å². The van der Waals surface area contributed by atoms with E-state index in [9.17, 15) is 9.18 Å². The van der Waals surface area contributed by atoms with Gasteiger partial charge in [0.25, 0.3) is 5.91 Å². The van der Waals surface area contributed by atoms with Crippen molar-refractivity contribution in [2.75, 3.05) is 51.3 Å². The zero-order valence-corrected chi connectivity index (χ0v) is 24.5. The number of amides is 1. The van der Waals surface area contributed by atoms with E-state index >= 15 is 0 Å². The third-order valence-corrected chi connectivity index (χ3v) is 8.50. The first-order chi connectivity index (χ1) is 20.8. The van der Waals surface area contributed by atoms with E-state index in [1.54, 1.807) is 12.4 Å². The molecule has 2 atom stereocenters. The number of hydrogen-bond donors (Lipinski definition) is 0. The zero-order valence-electron chi connectivity index (χ0n) is 23.7. The lowest BCUT2D eigenvalue weighted by Gasteiger charge is -2.39. The Labute approximate surface area is 253 Å². The predicted octanol–water partition coefficient (Wildman–Crippen LogP) is 4.79. The van der Waals surface area contributed by atoms with Crippen LogP contribution in [-0.2, 0) is 4.79 Å². The molecule has 2 fully saturated rings. The van der Waals surface area contributed by atoms with E-state index in [1.165, 1.54) is 4.90 Å². The molecule has 0 saturated carbocycles. The summed E-state index contributed by atoms with van der Waals surface area (Å²) in [6, 6.07) is 9.37. The fourth-order valence-electron chi connectivity index (χ4n) is 5.91. The molecule has 220 valence electrons. The fraction of sp³-hybridized carbons (Fsp3) is 0.355. The number of carbonyl (C=O) groups is 1. The number of piperazine rings is 1. The summed E-state index contributed by atoms with van der Waals surface area (Å²) >= 11 is 6.60. The molecule has 0 aliphatic carbocycles. The number of ether oxygens (including phenoxy) is 1. The molecule has 4 aromatic rings. The Bertz CT molecular complexity index is 1760. The summed E-state index contributed by atoms with van der Waals surface area (Å²) in [4.78, 5) is 40.4. The molecule has 1 amide bonds. The molecule has 2 saturated heterocycles. The highest BCUT2D eigenvalue weighted by atomic mass is 35.5. The maximum absolute atomic E-state index is 13.8.